The Hall–Kier alpha value is -1.60. The van der Waals surface area contributed by atoms with E-state index in [0.717, 1.165) is 0 Å². The summed E-state index contributed by atoms with van der Waals surface area (Å²) in [7, 11) is -3.90. The molecule has 0 unspecified atom stereocenters. The lowest BCUT2D eigenvalue weighted by atomic mass is 10.3. The molecule has 0 fully saturated rings. The molecule has 74 valence electrons. The van der Waals surface area contributed by atoms with Crippen molar-refractivity contribution in [2.45, 2.75) is 5.09 Å². The van der Waals surface area contributed by atoms with E-state index in [9.17, 15) is 13.2 Å². The summed E-state index contributed by atoms with van der Waals surface area (Å²) in [6.07, 6.45) is 1.40. The summed E-state index contributed by atoms with van der Waals surface area (Å²) in [6, 6.07) is 2.73. The van der Waals surface area contributed by atoms with Crippen LogP contribution in [0.25, 0.3) is 11.0 Å². The van der Waals surface area contributed by atoms with Crippen LogP contribution in [-0.2, 0) is 10.0 Å². The molecule has 0 aliphatic carbocycles. The van der Waals surface area contributed by atoms with E-state index < -0.39 is 20.7 Å². The summed E-state index contributed by atoms with van der Waals surface area (Å²) in [6.45, 7) is 0. The third-order valence-electron chi connectivity index (χ3n) is 1.70. The van der Waals surface area contributed by atoms with E-state index in [-0.39, 0.29) is 5.58 Å². The molecule has 0 saturated carbocycles. The fourth-order valence-electron chi connectivity index (χ4n) is 1.10. The highest BCUT2D eigenvalue weighted by molar-refractivity contribution is 7.89. The van der Waals surface area contributed by atoms with Gasteiger partial charge in [-0.1, -0.05) is 0 Å². The third kappa shape index (κ3) is 1.32. The van der Waals surface area contributed by atoms with Crippen LogP contribution in [0.5, 0.6) is 0 Å². The van der Waals surface area contributed by atoms with Crippen LogP contribution < -0.4 is 10.7 Å². The molecule has 6 nitrogen and oxygen atoms in total. The van der Waals surface area contributed by atoms with Crippen molar-refractivity contribution in [3.8, 4) is 0 Å². The van der Waals surface area contributed by atoms with Gasteiger partial charge in [0.1, 0.15) is 0 Å². The van der Waals surface area contributed by atoms with Gasteiger partial charge in [-0.05, 0) is 6.07 Å². The number of hydrogen-bond donors (Lipinski definition) is 2. The van der Waals surface area contributed by atoms with Gasteiger partial charge >= 0.3 is 0 Å². The summed E-state index contributed by atoms with van der Waals surface area (Å²) in [5.74, 6) is 0. The second kappa shape index (κ2) is 2.69. The molecule has 0 spiro atoms. The lowest BCUT2D eigenvalue weighted by molar-refractivity contribution is 0.480. The van der Waals surface area contributed by atoms with Gasteiger partial charge in [0, 0.05) is 17.6 Å². The van der Waals surface area contributed by atoms with Gasteiger partial charge in [0.05, 0.1) is 0 Å². The Balaban J connectivity index is 2.88. The monoisotopic (exact) mass is 214 g/mol. The van der Waals surface area contributed by atoms with Crippen molar-refractivity contribution in [1.29, 1.82) is 0 Å². The number of primary sulfonamides is 1. The van der Waals surface area contributed by atoms with Crippen molar-refractivity contribution in [1.82, 2.24) is 4.98 Å². The van der Waals surface area contributed by atoms with Crippen LogP contribution in [0.15, 0.2) is 32.6 Å². The first-order chi connectivity index (χ1) is 6.48. The number of aromatic amines is 1. The highest BCUT2D eigenvalue weighted by Gasteiger charge is 2.15. The Morgan fingerprint density at radius 2 is 2.14 bits per heavy atom. The van der Waals surface area contributed by atoms with Gasteiger partial charge in [0.2, 0.25) is 10.7 Å². The molecule has 7 heteroatoms. The van der Waals surface area contributed by atoms with Gasteiger partial charge in [0.15, 0.2) is 0 Å². The quantitative estimate of drug-likeness (QED) is 0.683. The van der Waals surface area contributed by atoms with Crippen LogP contribution in [-0.4, -0.2) is 13.4 Å². The fraction of sp³-hybridized carbons (Fsp3) is 0. The molecule has 0 atom stereocenters. The lowest BCUT2D eigenvalue weighted by Gasteiger charge is -1.87. The second-order valence-corrected chi connectivity index (χ2v) is 4.19. The van der Waals surface area contributed by atoms with E-state index in [2.05, 4.69) is 4.98 Å². The molecular weight excluding hydrogens is 208 g/mol. The smallest absolute Gasteiger partial charge is 0.291 e. The number of aromatic nitrogens is 1. The third-order valence-corrected chi connectivity index (χ3v) is 2.46. The Morgan fingerprint density at radius 3 is 2.71 bits per heavy atom. The maximum absolute atomic E-state index is 11.1. The van der Waals surface area contributed by atoms with E-state index in [1.165, 1.54) is 18.3 Å². The minimum absolute atomic E-state index is 0.0449. The van der Waals surface area contributed by atoms with Crippen LogP contribution in [0, 0.1) is 0 Å². The van der Waals surface area contributed by atoms with Gasteiger partial charge in [-0.15, -0.1) is 0 Å². The number of nitrogens with one attached hydrogen (secondary N) is 1. The Bertz CT molecular complexity index is 637. The molecule has 14 heavy (non-hydrogen) atoms. The Labute approximate surface area is 78.4 Å². The van der Waals surface area contributed by atoms with Crippen molar-refractivity contribution in [2.75, 3.05) is 0 Å². The first kappa shape index (κ1) is 8.97. The number of sulfonamides is 1. The molecule has 0 bridgehead atoms. The van der Waals surface area contributed by atoms with E-state index >= 15 is 0 Å². The molecule has 0 aromatic carbocycles. The minimum atomic E-state index is -3.90. The number of fused-ring (bicyclic) bond motifs is 1. The van der Waals surface area contributed by atoms with E-state index in [4.69, 9.17) is 9.56 Å². The summed E-state index contributed by atoms with van der Waals surface area (Å²) in [5.41, 5.74) is -0.533. The topological polar surface area (TPSA) is 106 Å². The maximum atomic E-state index is 11.1. The largest absolute Gasteiger partial charge is 0.437 e. The van der Waals surface area contributed by atoms with Gasteiger partial charge < -0.3 is 9.40 Å². The molecule has 0 radical (unpaired) electrons. The number of rotatable bonds is 1. The standard InChI is InChI=1S/C7H6N2O4S/c8-14(11,12)5-3-4-1-2-9-7(10)6(4)13-5/h1-3H,(H,9,10)(H2,8,11,12). The fourth-order valence-corrected chi connectivity index (χ4v) is 1.59. The number of pyridine rings is 1. The van der Waals surface area contributed by atoms with E-state index in [1.807, 2.05) is 0 Å². The molecule has 0 amide bonds. The van der Waals surface area contributed by atoms with Crippen molar-refractivity contribution in [3.05, 3.63) is 28.7 Å². The summed E-state index contributed by atoms with van der Waals surface area (Å²) in [4.78, 5) is 13.5. The van der Waals surface area contributed by atoms with Crippen LogP contribution in [0.2, 0.25) is 0 Å². The minimum Gasteiger partial charge on any atom is -0.437 e. The molecule has 2 rings (SSSR count). The average molecular weight is 214 g/mol. The van der Waals surface area contributed by atoms with E-state index in [1.54, 1.807) is 0 Å². The van der Waals surface area contributed by atoms with Gasteiger partial charge in [-0.3, -0.25) is 4.79 Å². The van der Waals surface area contributed by atoms with Crippen LogP contribution in [0.3, 0.4) is 0 Å². The Morgan fingerprint density at radius 1 is 1.43 bits per heavy atom. The molecule has 2 aromatic rings. The molecule has 0 aliphatic heterocycles. The summed E-state index contributed by atoms with van der Waals surface area (Å²) in [5, 5.41) is 4.82. The molecule has 3 N–H and O–H groups in total. The molecule has 0 saturated heterocycles. The summed E-state index contributed by atoms with van der Waals surface area (Å²) >= 11 is 0. The number of hydrogen-bond acceptors (Lipinski definition) is 4. The number of furan rings is 1. The van der Waals surface area contributed by atoms with Crippen LogP contribution in [0.4, 0.5) is 0 Å². The second-order valence-electron chi connectivity index (χ2n) is 2.70. The lowest BCUT2D eigenvalue weighted by Crippen LogP contribution is -2.10. The normalized spacial score (nSPS) is 12.1. The molecular formula is C7H6N2O4S. The van der Waals surface area contributed by atoms with Gasteiger partial charge in [-0.25, -0.2) is 13.6 Å². The van der Waals surface area contributed by atoms with Crippen molar-refractivity contribution < 1.29 is 12.8 Å². The number of nitrogens with two attached hydrogens (primary N) is 1. The zero-order valence-electron chi connectivity index (χ0n) is 6.85. The highest BCUT2D eigenvalue weighted by Crippen LogP contribution is 2.17. The van der Waals surface area contributed by atoms with Gasteiger partial charge in [0.25, 0.3) is 15.6 Å². The maximum Gasteiger partial charge on any atom is 0.291 e. The van der Waals surface area contributed by atoms with Crippen molar-refractivity contribution in [3.63, 3.8) is 0 Å². The predicted molar refractivity (Wildman–Crippen MR) is 48.2 cm³/mol. The first-order valence-electron chi connectivity index (χ1n) is 3.62. The predicted octanol–water partition coefficient (Wildman–Crippen LogP) is -0.231. The van der Waals surface area contributed by atoms with Gasteiger partial charge in [-0.2, -0.15) is 0 Å². The van der Waals surface area contributed by atoms with E-state index in [0.29, 0.717) is 5.39 Å². The van der Waals surface area contributed by atoms with Crippen molar-refractivity contribution >= 4 is 21.0 Å². The van der Waals surface area contributed by atoms with Crippen LogP contribution >= 0.6 is 0 Å². The highest BCUT2D eigenvalue weighted by atomic mass is 32.2. The SMILES string of the molecule is NS(=O)(=O)c1cc2cc[nH]c(=O)c2o1. The summed E-state index contributed by atoms with van der Waals surface area (Å²) < 4.78 is 26.6. The zero-order valence-corrected chi connectivity index (χ0v) is 7.67. The average Bonchev–Trinajstić information content (AvgIpc) is 2.48. The first-order valence-corrected chi connectivity index (χ1v) is 5.17. The Kier molecular flexibility index (Phi) is 1.73. The molecule has 2 heterocycles. The zero-order chi connectivity index (χ0) is 10.3. The number of H-pyrrole nitrogens is 1. The molecule has 0 aliphatic rings. The molecule has 2 aromatic heterocycles. The van der Waals surface area contributed by atoms with Crippen LogP contribution in [0.1, 0.15) is 0 Å². The van der Waals surface area contributed by atoms with Crippen molar-refractivity contribution in [2.24, 2.45) is 5.14 Å².